The second kappa shape index (κ2) is 9.67. The summed E-state index contributed by atoms with van der Waals surface area (Å²) in [6, 6.07) is 22.3. The predicted octanol–water partition coefficient (Wildman–Crippen LogP) is 5.59. The first-order chi connectivity index (χ1) is 18.4. The van der Waals surface area contributed by atoms with Gasteiger partial charge in [-0.05, 0) is 41.0 Å². The molecular formula is C30H27F3N4O. The molecule has 38 heavy (non-hydrogen) atoms. The number of likely N-dealkylation sites (tertiary alicyclic amines) is 2. The smallest absolute Gasteiger partial charge is 0.342 e. The Morgan fingerprint density at radius 2 is 1.50 bits per heavy atom. The Kier molecular flexibility index (Phi) is 6.18. The molecule has 1 N–H and O–H groups in total. The van der Waals surface area contributed by atoms with E-state index < -0.39 is 11.7 Å². The highest BCUT2D eigenvalue weighted by molar-refractivity contribution is 6.01. The molecule has 2 saturated heterocycles. The summed E-state index contributed by atoms with van der Waals surface area (Å²) in [5.74, 6) is 1.45. The third kappa shape index (κ3) is 4.66. The molecule has 3 aliphatic rings. The van der Waals surface area contributed by atoms with Gasteiger partial charge in [0.15, 0.2) is 5.96 Å². The maximum absolute atomic E-state index is 13.6. The van der Waals surface area contributed by atoms with E-state index in [9.17, 15) is 18.0 Å². The Balaban J connectivity index is 1.14. The highest BCUT2D eigenvalue weighted by atomic mass is 19.4. The first-order valence-corrected chi connectivity index (χ1v) is 12.7. The lowest BCUT2D eigenvalue weighted by Gasteiger charge is -2.27. The maximum Gasteiger partial charge on any atom is 0.416 e. The van der Waals surface area contributed by atoms with Gasteiger partial charge in [-0.1, -0.05) is 60.7 Å². The van der Waals surface area contributed by atoms with Crippen molar-refractivity contribution in [1.82, 2.24) is 15.1 Å². The van der Waals surface area contributed by atoms with E-state index in [-0.39, 0.29) is 11.9 Å². The van der Waals surface area contributed by atoms with Crippen molar-refractivity contribution in [3.05, 3.63) is 108 Å². The van der Waals surface area contributed by atoms with Crippen LogP contribution in [0.4, 0.5) is 13.2 Å². The van der Waals surface area contributed by atoms with Crippen molar-refractivity contribution < 1.29 is 18.0 Å². The molecule has 1 amide bonds. The van der Waals surface area contributed by atoms with Gasteiger partial charge in [-0.15, -0.1) is 0 Å². The summed E-state index contributed by atoms with van der Waals surface area (Å²) in [4.78, 5) is 22.6. The highest BCUT2D eigenvalue weighted by Crippen LogP contribution is 2.35. The average Bonchev–Trinajstić information content (AvgIpc) is 3.53. The molecule has 0 spiro atoms. The number of fused-ring (bicyclic) bond motifs is 1. The molecule has 8 heteroatoms. The number of carbonyl (C=O) groups excluding carboxylic acids is 1. The van der Waals surface area contributed by atoms with Crippen LogP contribution in [0.5, 0.6) is 0 Å². The van der Waals surface area contributed by atoms with Crippen molar-refractivity contribution in [2.45, 2.75) is 12.2 Å². The Morgan fingerprint density at radius 1 is 0.842 bits per heavy atom. The van der Waals surface area contributed by atoms with E-state index in [1.807, 2.05) is 35.4 Å². The van der Waals surface area contributed by atoms with Crippen LogP contribution >= 0.6 is 0 Å². The number of benzene rings is 3. The van der Waals surface area contributed by atoms with Gasteiger partial charge in [-0.2, -0.15) is 13.2 Å². The Bertz CT molecular complexity index is 1370. The first-order valence-electron chi connectivity index (χ1n) is 12.7. The number of guanidine groups is 1. The fourth-order valence-corrected chi connectivity index (χ4v) is 5.70. The van der Waals surface area contributed by atoms with Crippen LogP contribution in [0.1, 0.15) is 27.5 Å². The van der Waals surface area contributed by atoms with Gasteiger partial charge in [0.1, 0.15) is 0 Å². The molecule has 3 aromatic rings. The van der Waals surface area contributed by atoms with E-state index in [0.29, 0.717) is 41.6 Å². The molecule has 3 unspecified atom stereocenters. The normalized spacial score (nSPS) is 22.7. The lowest BCUT2D eigenvalue weighted by atomic mass is 9.98. The number of carbonyl (C=O) groups is 1. The monoisotopic (exact) mass is 516 g/mol. The average molecular weight is 517 g/mol. The highest BCUT2D eigenvalue weighted by Gasteiger charge is 2.43. The lowest BCUT2D eigenvalue weighted by molar-refractivity contribution is -0.137. The van der Waals surface area contributed by atoms with Crippen LogP contribution in [0, 0.1) is 11.8 Å². The van der Waals surface area contributed by atoms with Crippen LogP contribution < -0.4 is 5.32 Å². The van der Waals surface area contributed by atoms with Gasteiger partial charge in [0.2, 0.25) is 0 Å². The van der Waals surface area contributed by atoms with E-state index in [0.717, 1.165) is 36.7 Å². The molecule has 0 bridgehead atoms. The van der Waals surface area contributed by atoms with E-state index in [2.05, 4.69) is 22.3 Å². The van der Waals surface area contributed by atoms with Gasteiger partial charge < -0.3 is 15.1 Å². The Hall–Kier alpha value is -4.07. The molecule has 0 aromatic heterocycles. The summed E-state index contributed by atoms with van der Waals surface area (Å²) in [6.45, 7) is 2.92. The minimum absolute atomic E-state index is 0.0207. The van der Waals surface area contributed by atoms with Crippen LogP contribution in [0.3, 0.4) is 0 Å². The largest absolute Gasteiger partial charge is 0.416 e. The SMILES string of the molecule is O=C(c1ccccc1-c1ccc(C(F)(F)F)cc1)N1CC2CN(C3=NC(c4ccccc4)C=CN3)CC2C1. The van der Waals surface area contributed by atoms with Crippen LogP contribution in [-0.4, -0.2) is 47.8 Å². The molecule has 3 heterocycles. The number of nitrogens with zero attached hydrogens (tertiary/aromatic N) is 3. The molecule has 0 saturated carbocycles. The number of amides is 1. The molecule has 2 fully saturated rings. The zero-order valence-corrected chi connectivity index (χ0v) is 20.6. The number of hydrogen-bond acceptors (Lipinski definition) is 4. The molecule has 6 rings (SSSR count). The molecule has 5 nitrogen and oxygen atoms in total. The van der Waals surface area contributed by atoms with E-state index >= 15 is 0 Å². The number of alkyl halides is 3. The van der Waals surface area contributed by atoms with Gasteiger partial charge in [0.25, 0.3) is 5.91 Å². The summed E-state index contributed by atoms with van der Waals surface area (Å²) in [5.41, 5.74) is 2.19. The summed E-state index contributed by atoms with van der Waals surface area (Å²) in [5, 5.41) is 3.29. The van der Waals surface area contributed by atoms with Crippen LogP contribution in [0.25, 0.3) is 11.1 Å². The first kappa shape index (κ1) is 24.3. The predicted molar refractivity (Wildman–Crippen MR) is 140 cm³/mol. The summed E-state index contributed by atoms with van der Waals surface area (Å²) in [6.07, 6.45) is -0.404. The lowest BCUT2D eigenvalue weighted by Crippen LogP contribution is -2.41. The fourth-order valence-electron chi connectivity index (χ4n) is 5.70. The minimum atomic E-state index is -4.40. The van der Waals surface area contributed by atoms with Crippen LogP contribution in [0.2, 0.25) is 0 Å². The Labute approximate surface area is 219 Å². The number of aliphatic imine (C=N–C) groups is 1. The van der Waals surface area contributed by atoms with Crippen molar-refractivity contribution in [1.29, 1.82) is 0 Å². The second-order valence-electron chi connectivity index (χ2n) is 10.1. The molecule has 0 radical (unpaired) electrons. The minimum Gasteiger partial charge on any atom is -0.342 e. The third-order valence-corrected chi connectivity index (χ3v) is 7.65. The maximum atomic E-state index is 13.6. The number of hydrogen-bond donors (Lipinski definition) is 1. The van der Waals surface area contributed by atoms with Crippen molar-refractivity contribution in [3.63, 3.8) is 0 Å². The number of nitrogens with one attached hydrogen (secondary N) is 1. The van der Waals surface area contributed by atoms with Crippen molar-refractivity contribution >= 4 is 11.9 Å². The van der Waals surface area contributed by atoms with Crippen molar-refractivity contribution in [2.75, 3.05) is 26.2 Å². The van der Waals surface area contributed by atoms with Gasteiger partial charge in [0, 0.05) is 49.8 Å². The van der Waals surface area contributed by atoms with E-state index in [1.54, 1.807) is 24.3 Å². The molecule has 194 valence electrons. The van der Waals surface area contributed by atoms with Gasteiger partial charge in [0.05, 0.1) is 11.6 Å². The standard InChI is InChI=1S/C30H27F3N4O/c31-30(32,33)24-12-10-20(11-13-24)25-8-4-5-9-26(25)28(38)36-16-22-18-37(19-23(22)17-36)29-34-15-14-27(35-29)21-6-2-1-3-7-21/h1-15,22-23,27H,16-19H2,(H,34,35). The molecular weight excluding hydrogens is 489 g/mol. The summed E-state index contributed by atoms with van der Waals surface area (Å²) < 4.78 is 39.0. The van der Waals surface area contributed by atoms with Gasteiger partial charge >= 0.3 is 6.18 Å². The zero-order chi connectivity index (χ0) is 26.3. The third-order valence-electron chi connectivity index (χ3n) is 7.65. The fraction of sp³-hybridized carbons (Fsp3) is 0.267. The number of halogens is 3. The molecule has 3 aliphatic heterocycles. The van der Waals surface area contributed by atoms with Crippen LogP contribution in [0.15, 0.2) is 96.1 Å². The van der Waals surface area contributed by atoms with E-state index in [1.165, 1.54) is 12.1 Å². The topological polar surface area (TPSA) is 47.9 Å². The quantitative estimate of drug-likeness (QED) is 0.494. The zero-order valence-electron chi connectivity index (χ0n) is 20.6. The van der Waals surface area contributed by atoms with Crippen molar-refractivity contribution in [2.24, 2.45) is 16.8 Å². The van der Waals surface area contributed by atoms with Crippen molar-refractivity contribution in [3.8, 4) is 11.1 Å². The second-order valence-corrected chi connectivity index (χ2v) is 10.1. The Morgan fingerprint density at radius 3 is 2.18 bits per heavy atom. The summed E-state index contributed by atoms with van der Waals surface area (Å²) in [7, 11) is 0. The summed E-state index contributed by atoms with van der Waals surface area (Å²) >= 11 is 0. The van der Waals surface area contributed by atoms with Crippen LogP contribution in [-0.2, 0) is 6.18 Å². The van der Waals surface area contributed by atoms with E-state index in [4.69, 9.17) is 4.99 Å². The number of rotatable bonds is 3. The molecule has 3 aromatic carbocycles. The van der Waals surface area contributed by atoms with Gasteiger partial charge in [-0.25, -0.2) is 4.99 Å². The van der Waals surface area contributed by atoms with Gasteiger partial charge in [-0.3, -0.25) is 4.79 Å². The molecule has 3 atom stereocenters. The molecule has 0 aliphatic carbocycles.